The Morgan fingerprint density at radius 1 is 1.30 bits per heavy atom. The fourth-order valence-corrected chi connectivity index (χ4v) is 1.87. The van der Waals surface area contributed by atoms with Crippen molar-refractivity contribution in [2.75, 3.05) is 25.1 Å². The Morgan fingerprint density at radius 2 is 1.95 bits per heavy atom. The molecule has 1 aromatic carbocycles. The average Bonchev–Trinajstić information content (AvgIpc) is 3.21. The molecule has 0 bridgehead atoms. The van der Waals surface area contributed by atoms with Gasteiger partial charge in [0, 0.05) is 11.7 Å². The molecule has 108 valence electrons. The van der Waals surface area contributed by atoms with Crippen LogP contribution in [0.2, 0.25) is 0 Å². The summed E-state index contributed by atoms with van der Waals surface area (Å²) in [6.45, 7) is -0.181. The first-order chi connectivity index (χ1) is 9.58. The number of carboxylic acid groups (broad SMARTS) is 1. The molecule has 1 amide bonds. The van der Waals surface area contributed by atoms with Gasteiger partial charge in [-0.15, -0.1) is 0 Å². The van der Waals surface area contributed by atoms with Gasteiger partial charge in [-0.25, -0.2) is 0 Å². The van der Waals surface area contributed by atoms with Crippen molar-refractivity contribution in [2.24, 2.45) is 0 Å². The maximum absolute atomic E-state index is 11.8. The Balaban J connectivity index is 2.04. The lowest BCUT2D eigenvalue weighted by atomic mass is 10.2. The van der Waals surface area contributed by atoms with Gasteiger partial charge < -0.3 is 20.1 Å². The summed E-state index contributed by atoms with van der Waals surface area (Å²) in [5.41, 5.74) is 0.680. The van der Waals surface area contributed by atoms with Gasteiger partial charge in [0.1, 0.15) is 12.3 Å². The zero-order valence-electron chi connectivity index (χ0n) is 11.3. The molecule has 2 N–H and O–H groups in total. The monoisotopic (exact) mass is 278 g/mol. The summed E-state index contributed by atoms with van der Waals surface area (Å²) in [5.74, 6) is -0.434. The fourth-order valence-electron chi connectivity index (χ4n) is 1.87. The average molecular weight is 278 g/mol. The molecule has 1 saturated carbocycles. The minimum absolute atomic E-state index is 0.0368. The first kappa shape index (κ1) is 14.2. The van der Waals surface area contributed by atoms with Crippen LogP contribution < -0.4 is 15.0 Å². The molecule has 0 radical (unpaired) electrons. The van der Waals surface area contributed by atoms with Crippen molar-refractivity contribution >= 4 is 17.6 Å². The summed E-state index contributed by atoms with van der Waals surface area (Å²) < 4.78 is 5.06. The second kappa shape index (κ2) is 6.27. The summed E-state index contributed by atoms with van der Waals surface area (Å²) in [4.78, 5) is 24.3. The number of rotatable bonds is 7. The van der Waals surface area contributed by atoms with Crippen molar-refractivity contribution in [1.82, 2.24) is 5.32 Å². The van der Waals surface area contributed by atoms with Crippen LogP contribution >= 0.6 is 0 Å². The highest BCUT2D eigenvalue weighted by atomic mass is 16.5. The van der Waals surface area contributed by atoms with Crippen molar-refractivity contribution in [2.45, 2.75) is 18.9 Å². The normalized spacial score (nSPS) is 13.7. The lowest BCUT2D eigenvalue weighted by Crippen LogP contribution is -2.40. The molecule has 1 aromatic rings. The molecule has 2 rings (SSSR count). The Hall–Kier alpha value is -2.24. The number of carboxylic acids is 1. The number of ether oxygens (including phenoxy) is 1. The van der Waals surface area contributed by atoms with E-state index < -0.39 is 5.97 Å². The third-order valence-electron chi connectivity index (χ3n) is 3.04. The molecule has 0 aromatic heterocycles. The van der Waals surface area contributed by atoms with E-state index in [1.807, 2.05) is 0 Å². The summed E-state index contributed by atoms with van der Waals surface area (Å²) in [6.07, 6.45) is 2.01. The highest BCUT2D eigenvalue weighted by molar-refractivity contribution is 5.84. The summed E-state index contributed by atoms with van der Waals surface area (Å²) in [7, 11) is 1.56. The third-order valence-corrected chi connectivity index (χ3v) is 3.04. The molecule has 1 aliphatic carbocycles. The Bertz CT molecular complexity index is 482. The number of amides is 1. The number of carbonyl (C=O) groups is 2. The number of methoxy groups -OCH3 is 1. The molecule has 1 fully saturated rings. The molecular weight excluding hydrogens is 260 g/mol. The van der Waals surface area contributed by atoms with E-state index in [-0.39, 0.29) is 25.0 Å². The zero-order chi connectivity index (χ0) is 14.5. The number of nitrogens with zero attached hydrogens (tertiary/aromatic N) is 1. The molecule has 6 nitrogen and oxygen atoms in total. The minimum Gasteiger partial charge on any atom is -0.497 e. The highest BCUT2D eigenvalue weighted by Gasteiger charge is 2.24. The van der Waals surface area contributed by atoms with Gasteiger partial charge in [0.05, 0.1) is 13.7 Å². The van der Waals surface area contributed by atoms with Gasteiger partial charge in [0.25, 0.3) is 0 Å². The molecule has 1 aliphatic rings. The Morgan fingerprint density at radius 3 is 2.45 bits per heavy atom. The number of hydrogen-bond donors (Lipinski definition) is 2. The van der Waals surface area contributed by atoms with Crippen LogP contribution in [-0.2, 0) is 9.59 Å². The van der Waals surface area contributed by atoms with Crippen LogP contribution in [0.5, 0.6) is 5.75 Å². The van der Waals surface area contributed by atoms with Crippen molar-refractivity contribution in [3.05, 3.63) is 24.3 Å². The van der Waals surface area contributed by atoms with Crippen LogP contribution in [-0.4, -0.2) is 43.2 Å². The summed E-state index contributed by atoms with van der Waals surface area (Å²) in [5, 5.41) is 11.8. The second-order valence-corrected chi connectivity index (χ2v) is 4.79. The van der Waals surface area contributed by atoms with E-state index in [4.69, 9.17) is 9.84 Å². The number of hydrogen-bond acceptors (Lipinski definition) is 4. The third kappa shape index (κ3) is 4.15. The molecule has 0 spiro atoms. The standard InChI is InChI=1S/C14H18N2O4/c1-20-12-6-4-11(5-7-12)16(9-14(18)19)8-13(17)15-10-2-3-10/h4-7,10H,2-3,8-9H2,1H3,(H,15,17)(H,18,19). The van der Waals surface area contributed by atoms with Crippen LogP contribution in [0, 0.1) is 0 Å². The molecule has 20 heavy (non-hydrogen) atoms. The van der Waals surface area contributed by atoms with Gasteiger partial charge >= 0.3 is 5.97 Å². The first-order valence-corrected chi connectivity index (χ1v) is 6.48. The maximum atomic E-state index is 11.8. The predicted molar refractivity (Wildman–Crippen MR) is 74.0 cm³/mol. The van der Waals surface area contributed by atoms with Crippen LogP contribution in [0.4, 0.5) is 5.69 Å². The molecule has 0 aliphatic heterocycles. The van der Waals surface area contributed by atoms with Gasteiger partial charge in [0.2, 0.25) is 5.91 Å². The molecule has 0 saturated heterocycles. The lowest BCUT2D eigenvalue weighted by molar-refractivity contribution is -0.135. The molecule has 0 atom stereocenters. The van der Waals surface area contributed by atoms with E-state index in [0.717, 1.165) is 12.8 Å². The van der Waals surface area contributed by atoms with Crippen LogP contribution in [0.3, 0.4) is 0 Å². The number of carbonyl (C=O) groups excluding carboxylic acids is 1. The van der Waals surface area contributed by atoms with Crippen molar-refractivity contribution in [1.29, 1.82) is 0 Å². The topological polar surface area (TPSA) is 78.9 Å². The van der Waals surface area contributed by atoms with Gasteiger partial charge in [-0.2, -0.15) is 0 Å². The van der Waals surface area contributed by atoms with Crippen LogP contribution in [0.25, 0.3) is 0 Å². The smallest absolute Gasteiger partial charge is 0.323 e. The number of benzene rings is 1. The van der Waals surface area contributed by atoms with E-state index >= 15 is 0 Å². The predicted octanol–water partition coefficient (Wildman–Crippen LogP) is 0.865. The number of nitrogens with one attached hydrogen (secondary N) is 1. The fraction of sp³-hybridized carbons (Fsp3) is 0.429. The first-order valence-electron chi connectivity index (χ1n) is 6.48. The zero-order valence-corrected chi connectivity index (χ0v) is 11.3. The van der Waals surface area contributed by atoms with Gasteiger partial charge in [-0.05, 0) is 37.1 Å². The van der Waals surface area contributed by atoms with E-state index in [1.54, 1.807) is 31.4 Å². The van der Waals surface area contributed by atoms with Crippen LogP contribution in [0.1, 0.15) is 12.8 Å². The van der Waals surface area contributed by atoms with Gasteiger partial charge in [0.15, 0.2) is 0 Å². The highest BCUT2D eigenvalue weighted by Crippen LogP contribution is 2.20. The largest absolute Gasteiger partial charge is 0.497 e. The number of anilines is 1. The maximum Gasteiger partial charge on any atom is 0.323 e. The Kier molecular flexibility index (Phi) is 4.45. The van der Waals surface area contributed by atoms with Crippen molar-refractivity contribution in [3.63, 3.8) is 0 Å². The Labute approximate surface area is 117 Å². The van der Waals surface area contributed by atoms with E-state index in [1.165, 1.54) is 4.90 Å². The van der Waals surface area contributed by atoms with Crippen molar-refractivity contribution < 1.29 is 19.4 Å². The molecule has 0 unspecified atom stereocenters. The van der Waals surface area contributed by atoms with Crippen molar-refractivity contribution in [3.8, 4) is 5.75 Å². The van der Waals surface area contributed by atoms with E-state index in [9.17, 15) is 9.59 Å². The quantitative estimate of drug-likeness (QED) is 0.773. The second-order valence-electron chi connectivity index (χ2n) is 4.79. The van der Waals surface area contributed by atoms with Gasteiger partial charge in [-0.3, -0.25) is 9.59 Å². The van der Waals surface area contributed by atoms with Gasteiger partial charge in [-0.1, -0.05) is 0 Å². The molecule has 6 heteroatoms. The van der Waals surface area contributed by atoms with Crippen LogP contribution in [0.15, 0.2) is 24.3 Å². The lowest BCUT2D eigenvalue weighted by Gasteiger charge is -2.22. The summed E-state index contributed by atoms with van der Waals surface area (Å²) >= 11 is 0. The van der Waals surface area contributed by atoms with E-state index in [2.05, 4.69) is 5.32 Å². The molecular formula is C14H18N2O4. The minimum atomic E-state index is -0.972. The number of aliphatic carboxylic acids is 1. The SMILES string of the molecule is COc1ccc(N(CC(=O)O)CC(=O)NC2CC2)cc1. The van der Waals surface area contributed by atoms with E-state index in [0.29, 0.717) is 11.4 Å². The molecule has 0 heterocycles. The summed E-state index contributed by atoms with van der Waals surface area (Å²) in [6, 6.07) is 7.23.